The zero-order chi connectivity index (χ0) is 15.5. The molecule has 0 bridgehead atoms. The number of sulfonamides is 1. The van der Waals surface area contributed by atoms with Gasteiger partial charge in [0.05, 0.1) is 10.6 Å². The molecule has 0 aliphatic carbocycles. The van der Waals surface area contributed by atoms with Crippen LogP contribution in [0.1, 0.15) is 24.3 Å². The fourth-order valence-electron chi connectivity index (χ4n) is 1.79. The van der Waals surface area contributed by atoms with Crippen LogP contribution in [-0.2, 0) is 16.6 Å². The molecule has 1 aromatic carbocycles. The lowest BCUT2D eigenvalue weighted by molar-refractivity contribution is 0.592. The number of nitrogens with one attached hydrogen (secondary N) is 2. The standard InChI is InChI=1S/C15H20N2O2S2/c1-11(2)16-9-13-8-14(10-20-13)21(18,19)17-15-7-5-4-6-12(15)3/h4-8,10-11,16-17H,9H2,1-3H3. The number of anilines is 1. The summed E-state index contributed by atoms with van der Waals surface area (Å²) in [6, 6.07) is 9.44. The molecule has 0 amide bonds. The van der Waals surface area contributed by atoms with Gasteiger partial charge in [0.2, 0.25) is 0 Å². The molecule has 0 saturated heterocycles. The van der Waals surface area contributed by atoms with E-state index < -0.39 is 10.0 Å². The highest BCUT2D eigenvalue weighted by atomic mass is 32.2. The van der Waals surface area contributed by atoms with Gasteiger partial charge in [0.1, 0.15) is 0 Å². The third-order valence-electron chi connectivity index (χ3n) is 3.01. The van der Waals surface area contributed by atoms with Crippen molar-refractivity contribution in [1.82, 2.24) is 5.32 Å². The maximum absolute atomic E-state index is 12.4. The van der Waals surface area contributed by atoms with E-state index in [2.05, 4.69) is 23.9 Å². The Labute approximate surface area is 130 Å². The molecule has 0 atom stereocenters. The van der Waals surface area contributed by atoms with E-state index >= 15 is 0 Å². The second kappa shape index (κ2) is 6.60. The molecule has 0 saturated carbocycles. The van der Waals surface area contributed by atoms with Crippen molar-refractivity contribution in [2.75, 3.05) is 4.72 Å². The van der Waals surface area contributed by atoms with Crippen LogP contribution in [-0.4, -0.2) is 14.5 Å². The predicted molar refractivity (Wildman–Crippen MR) is 88.3 cm³/mol. The Morgan fingerprint density at radius 1 is 1.24 bits per heavy atom. The Morgan fingerprint density at radius 2 is 1.95 bits per heavy atom. The molecule has 2 aromatic rings. The SMILES string of the molecule is Cc1ccccc1NS(=O)(=O)c1csc(CNC(C)C)c1. The van der Waals surface area contributed by atoms with Crippen molar-refractivity contribution in [2.45, 2.75) is 38.3 Å². The van der Waals surface area contributed by atoms with Gasteiger partial charge in [0.25, 0.3) is 10.0 Å². The lowest BCUT2D eigenvalue weighted by atomic mass is 10.2. The van der Waals surface area contributed by atoms with Crippen molar-refractivity contribution in [3.8, 4) is 0 Å². The highest BCUT2D eigenvalue weighted by molar-refractivity contribution is 7.92. The molecule has 114 valence electrons. The van der Waals surface area contributed by atoms with Gasteiger partial charge in [0, 0.05) is 22.8 Å². The van der Waals surface area contributed by atoms with Gasteiger partial charge in [-0.15, -0.1) is 11.3 Å². The molecule has 2 N–H and O–H groups in total. The van der Waals surface area contributed by atoms with Crippen molar-refractivity contribution in [3.05, 3.63) is 46.2 Å². The maximum atomic E-state index is 12.4. The van der Waals surface area contributed by atoms with Crippen molar-refractivity contribution in [1.29, 1.82) is 0 Å². The molecule has 0 fully saturated rings. The average molecular weight is 324 g/mol. The van der Waals surface area contributed by atoms with Crippen LogP contribution in [0.5, 0.6) is 0 Å². The molecule has 6 heteroatoms. The Balaban J connectivity index is 2.15. The molecule has 1 aromatic heterocycles. The number of thiophene rings is 1. The molecular formula is C15H20N2O2S2. The van der Waals surface area contributed by atoms with Gasteiger partial charge >= 0.3 is 0 Å². The molecule has 0 aliphatic heterocycles. The molecule has 0 unspecified atom stereocenters. The van der Waals surface area contributed by atoms with Gasteiger partial charge < -0.3 is 5.32 Å². The number of para-hydroxylation sites is 1. The normalized spacial score (nSPS) is 11.8. The molecule has 0 aliphatic rings. The number of rotatable bonds is 6. The van der Waals surface area contributed by atoms with Crippen molar-refractivity contribution in [3.63, 3.8) is 0 Å². The van der Waals surface area contributed by atoms with Gasteiger partial charge in [-0.05, 0) is 24.6 Å². The van der Waals surface area contributed by atoms with Gasteiger partial charge in [-0.3, -0.25) is 4.72 Å². The molecule has 4 nitrogen and oxygen atoms in total. The second-order valence-electron chi connectivity index (χ2n) is 5.20. The van der Waals surface area contributed by atoms with Crippen LogP contribution >= 0.6 is 11.3 Å². The number of hydrogen-bond acceptors (Lipinski definition) is 4. The topological polar surface area (TPSA) is 58.2 Å². The number of benzene rings is 1. The largest absolute Gasteiger partial charge is 0.310 e. The summed E-state index contributed by atoms with van der Waals surface area (Å²) in [5.41, 5.74) is 1.52. The smallest absolute Gasteiger partial charge is 0.262 e. The number of aryl methyl sites for hydroxylation is 1. The van der Waals surface area contributed by atoms with Gasteiger partial charge in [-0.25, -0.2) is 8.42 Å². The van der Waals surface area contributed by atoms with E-state index in [0.29, 0.717) is 23.2 Å². The van der Waals surface area contributed by atoms with Crippen molar-refractivity contribution < 1.29 is 8.42 Å². The van der Waals surface area contributed by atoms with E-state index in [0.717, 1.165) is 10.4 Å². The summed E-state index contributed by atoms with van der Waals surface area (Å²) in [5, 5.41) is 4.96. The van der Waals surface area contributed by atoms with Crippen molar-refractivity contribution >= 4 is 27.0 Å². The first-order valence-corrected chi connectivity index (χ1v) is 9.14. The van der Waals surface area contributed by atoms with E-state index in [9.17, 15) is 8.42 Å². The number of hydrogen-bond donors (Lipinski definition) is 2. The maximum Gasteiger partial charge on any atom is 0.262 e. The van der Waals surface area contributed by atoms with Crippen LogP contribution < -0.4 is 10.0 Å². The highest BCUT2D eigenvalue weighted by Crippen LogP contribution is 2.23. The van der Waals surface area contributed by atoms with Gasteiger partial charge in [-0.2, -0.15) is 0 Å². The molecule has 2 rings (SSSR count). The van der Waals surface area contributed by atoms with Crippen molar-refractivity contribution in [2.24, 2.45) is 0 Å². The van der Waals surface area contributed by atoms with Gasteiger partial charge in [0.15, 0.2) is 0 Å². The summed E-state index contributed by atoms with van der Waals surface area (Å²) in [7, 11) is -3.52. The summed E-state index contributed by atoms with van der Waals surface area (Å²) >= 11 is 1.45. The lowest BCUT2D eigenvalue weighted by Crippen LogP contribution is -2.21. The van der Waals surface area contributed by atoms with Crippen LogP contribution in [0.4, 0.5) is 5.69 Å². The first kappa shape index (κ1) is 16.0. The fourth-order valence-corrected chi connectivity index (χ4v) is 4.15. The Hall–Kier alpha value is -1.37. The van der Waals surface area contributed by atoms with Crippen LogP contribution in [0.15, 0.2) is 40.6 Å². The zero-order valence-electron chi connectivity index (χ0n) is 12.4. The molecule has 1 heterocycles. The summed E-state index contributed by atoms with van der Waals surface area (Å²) in [6.07, 6.45) is 0. The van der Waals surface area contributed by atoms with Crippen LogP contribution in [0.3, 0.4) is 0 Å². The van der Waals surface area contributed by atoms with Crippen LogP contribution in [0, 0.1) is 6.92 Å². The summed E-state index contributed by atoms with van der Waals surface area (Å²) < 4.78 is 27.4. The highest BCUT2D eigenvalue weighted by Gasteiger charge is 2.17. The zero-order valence-corrected chi connectivity index (χ0v) is 14.0. The third-order valence-corrected chi connectivity index (χ3v) is 5.44. The Bertz CT molecular complexity index is 706. The summed E-state index contributed by atoms with van der Waals surface area (Å²) in [4.78, 5) is 1.32. The van der Waals surface area contributed by atoms with E-state index in [1.54, 1.807) is 17.5 Å². The second-order valence-corrected chi connectivity index (χ2v) is 7.88. The monoisotopic (exact) mass is 324 g/mol. The predicted octanol–water partition coefficient (Wildman–Crippen LogP) is 3.36. The van der Waals surface area contributed by atoms with E-state index in [1.165, 1.54) is 11.3 Å². The molecule has 0 radical (unpaired) electrons. The van der Waals surface area contributed by atoms with E-state index in [4.69, 9.17) is 0 Å². The first-order valence-electron chi connectivity index (χ1n) is 6.78. The summed E-state index contributed by atoms with van der Waals surface area (Å²) in [6.45, 7) is 6.68. The molecule has 0 spiro atoms. The average Bonchev–Trinajstić information content (AvgIpc) is 2.88. The lowest BCUT2D eigenvalue weighted by Gasteiger charge is -2.09. The minimum Gasteiger partial charge on any atom is -0.310 e. The fraction of sp³-hybridized carbons (Fsp3) is 0.333. The van der Waals surface area contributed by atoms with Gasteiger partial charge in [-0.1, -0.05) is 32.0 Å². The minimum absolute atomic E-state index is 0.316. The molecular weight excluding hydrogens is 304 g/mol. The quantitative estimate of drug-likeness (QED) is 0.856. The minimum atomic E-state index is -3.52. The van der Waals surface area contributed by atoms with E-state index in [1.807, 2.05) is 25.1 Å². The molecule has 21 heavy (non-hydrogen) atoms. The summed E-state index contributed by atoms with van der Waals surface area (Å²) in [5.74, 6) is 0. The third kappa shape index (κ3) is 4.30. The van der Waals surface area contributed by atoms with Crippen LogP contribution in [0.25, 0.3) is 0 Å². The van der Waals surface area contributed by atoms with Crippen LogP contribution in [0.2, 0.25) is 0 Å². The Morgan fingerprint density at radius 3 is 2.62 bits per heavy atom. The Kier molecular flexibility index (Phi) is 5.03. The first-order chi connectivity index (χ1) is 9.88. The van der Waals surface area contributed by atoms with E-state index in [-0.39, 0.29) is 0 Å².